The minimum Gasteiger partial charge on any atom is -0.465 e. The monoisotopic (exact) mass is 372 g/mol. The van der Waals surface area contributed by atoms with Gasteiger partial charge in [-0.1, -0.05) is 0 Å². The third kappa shape index (κ3) is 5.11. The van der Waals surface area contributed by atoms with E-state index >= 15 is 0 Å². The molecule has 0 saturated heterocycles. The predicted octanol–water partition coefficient (Wildman–Crippen LogP) is 1.45. The van der Waals surface area contributed by atoms with Crippen LogP contribution in [0.3, 0.4) is 0 Å². The van der Waals surface area contributed by atoms with Crippen LogP contribution in [0.15, 0.2) is 42.7 Å². The molecule has 0 unspecified atom stereocenters. The van der Waals surface area contributed by atoms with Gasteiger partial charge >= 0.3 is 17.9 Å². The standard InChI is InChI=1S/C18H16N2O7/c1-25-16(22)11-5-6-13(18(24)26-2)14(8-11)20-15(21)10-27-17(23)12-4-3-7-19-9-12/h3-9H,10H2,1-2H3,(H,20,21). The van der Waals surface area contributed by atoms with E-state index in [0.717, 1.165) is 0 Å². The fourth-order valence-electron chi connectivity index (χ4n) is 2.06. The van der Waals surface area contributed by atoms with Gasteiger partial charge in [0.15, 0.2) is 6.61 Å². The van der Waals surface area contributed by atoms with E-state index in [4.69, 9.17) is 4.74 Å². The maximum atomic E-state index is 12.1. The van der Waals surface area contributed by atoms with Gasteiger partial charge in [0.05, 0.1) is 36.6 Å². The summed E-state index contributed by atoms with van der Waals surface area (Å²) in [5.74, 6) is -2.80. The van der Waals surface area contributed by atoms with Crippen molar-refractivity contribution in [2.75, 3.05) is 26.1 Å². The average Bonchev–Trinajstić information content (AvgIpc) is 2.71. The smallest absolute Gasteiger partial charge is 0.340 e. The lowest BCUT2D eigenvalue weighted by atomic mass is 10.1. The van der Waals surface area contributed by atoms with E-state index in [1.165, 1.54) is 50.9 Å². The molecule has 0 bridgehead atoms. The maximum Gasteiger partial charge on any atom is 0.340 e. The minimum absolute atomic E-state index is 0.0205. The number of rotatable bonds is 6. The summed E-state index contributed by atoms with van der Waals surface area (Å²) in [5.41, 5.74) is 0.352. The molecule has 0 radical (unpaired) electrons. The van der Waals surface area contributed by atoms with Crippen molar-refractivity contribution in [3.8, 4) is 0 Å². The summed E-state index contributed by atoms with van der Waals surface area (Å²) in [6.45, 7) is -0.600. The predicted molar refractivity (Wildman–Crippen MR) is 92.3 cm³/mol. The van der Waals surface area contributed by atoms with E-state index in [2.05, 4.69) is 19.8 Å². The number of esters is 3. The maximum absolute atomic E-state index is 12.1. The van der Waals surface area contributed by atoms with Crippen LogP contribution in [0.25, 0.3) is 0 Å². The number of benzene rings is 1. The number of ether oxygens (including phenoxy) is 3. The van der Waals surface area contributed by atoms with Gasteiger partial charge in [-0.2, -0.15) is 0 Å². The molecule has 140 valence electrons. The van der Waals surface area contributed by atoms with Crippen molar-refractivity contribution in [3.63, 3.8) is 0 Å². The molecule has 2 aromatic rings. The third-order valence-corrected chi connectivity index (χ3v) is 3.35. The molecule has 1 heterocycles. The van der Waals surface area contributed by atoms with Crippen molar-refractivity contribution in [1.29, 1.82) is 0 Å². The Labute approximate surface area is 154 Å². The molecule has 9 nitrogen and oxygen atoms in total. The van der Waals surface area contributed by atoms with Crippen LogP contribution in [0.4, 0.5) is 5.69 Å². The molecular formula is C18H16N2O7. The van der Waals surface area contributed by atoms with E-state index < -0.39 is 30.4 Å². The van der Waals surface area contributed by atoms with Crippen LogP contribution in [-0.4, -0.2) is 49.6 Å². The molecule has 0 atom stereocenters. The Morgan fingerprint density at radius 2 is 1.70 bits per heavy atom. The molecule has 27 heavy (non-hydrogen) atoms. The molecule has 0 saturated carbocycles. The summed E-state index contributed by atoms with van der Waals surface area (Å²) in [6, 6.07) is 6.98. The van der Waals surface area contributed by atoms with Crippen LogP contribution < -0.4 is 5.32 Å². The highest BCUT2D eigenvalue weighted by Crippen LogP contribution is 2.19. The third-order valence-electron chi connectivity index (χ3n) is 3.35. The number of hydrogen-bond donors (Lipinski definition) is 1. The lowest BCUT2D eigenvalue weighted by molar-refractivity contribution is -0.119. The number of nitrogens with one attached hydrogen (secondary N) is 1. The zero-order valence-corrected chi connectivity index (χ0v) is 14.6. The van der Waals surface area contributed by atoms with Gasteiger partial charge in [0.2, 0.25) is 0 Å². The molecular weight excluding hydrogens is 356 g/mol. The molecule has 1 amide bonds. The number of anilines is 1. The largest absolute Gasteiger partial charge is 0.465 e. The first-order valence-corrected chi connectivity index (χ1v) is 7.64. The number of carbonyl (C=O) groups is 4. The summed E-state index contributed by atoms with van der Waals surface area (Å²) in [6.07, 6.45) is 2.79. The summed E-state index contributed by atoms with van der Waals surface area (Å²) < 4.78 is 14.1. The fraction of sp³-hybridized carbons (Fsp3) is 0.167. The van der Waals surface area contributed by atoms with Crippen LogP contribution >= 0.6 is 0 Å². The van der Waals surface area contributed by atoms with Crippen molar-refractivity contribution < 1.29 is 33.4 Å². The molecule has 1 aromatic heterocycles. The fourth-order valence-corrected chi connectivity index (χ4v) is 2.06. The molecule has 9 heteroatoms. The Balaban J connectivity index is 2.11. The number of nitrogens with zero attached hydrogens (tertiary/aromatic N) is 1. The topological polar surface area (TPSA) is 121 Å². The van der Waals surface area contributed by atoms with Crippen molar-refractivity contribution in [1.82, 2.24) is 4.98 Å². The Morgan fingerprint density at radius 3 is 2.33 bits per heavy atom. The minimum atomic E-state index is -0.727. The highest BCUT2D eigenvalue weighted by atomic mass is 16.5. The first-order valence-electron chi connectivity index (χ1n) is 7.64. The number of aromatic nitrogens is 1. The van der Waals surface area contributed by atoms with Crippen molar-refractivity contribution in [3.05, 3.63) is 59.4 Å². The van der Waals surface area contributed by atoms with Crippen LogP contribution in [0.1, 0.15) is 31.1 Å². The van der Waals surface area contributed by atoms with E-state index in [-0.39, 0.29) is 22.4 Å². The molecule has 0 aliphatic heterocycles. The SMILES string of the molecule is COC(=O)c1ccc(C(=O)OC)c(NC(=O)COC(=O)c2cccnc2)c1. The second-order valence-electron chi connectivity index (χ2n) is 5.11. The number of amides is 1. The van der Waals surface area contributed by atoms with Crippen molar-refractivity contribution in [2.24, 2.45) is 0 Å². The Hall–Kier alpha value is -3.75. The second-order valence-corrected chi connectivity index (χ2v) is 5.11. The lowest BCUT2D eigenvalue weighted by Crippen LogP contribution is -2.22. The van der Waals surface area contributed by atoms with E-state index in [9.17, 15) is 19.2 Å². The van der Waals surface area contributed by atoms with Crippen LogP contribution in [-0.2, 0) is 19.0 Å². The molecule has 2 rings (SSSR count). The molecule has 1 N–H and O–H groups in total. The van der Waals surface area contributed by atoms with Crippen LogP contribution in [0.2, 0.25) is 0 Å². The zero-order chi connectivity index (χ0) is 19.8. The zero-order valence-electron chi connectivity index (χ0n) is 14.6. The molecule has 1 aromatic carbocycles. The number of carbonyl (C=O) groups excluding carboxylic acids is 4. The normalized spacial score (nSPS) is 9.85. The van der Waals surface area contributed by atoms with E-state index in [1.54, 1.807) is 6.07 Å². The lowest BCUT2D eigenvalue weighted by Gasteiger charge is -2.11. The van der Waals surface area contributed by atoms with Gasteiger partial charge in [-0.3, -0.25) is 9.78 Å². The summed E-state index contributed by atoms with van der Waals surface area (Å²) >= 11 is 0. The van der Waals surface area contributed by atoms with Gasteiger partial charge in [-0.05, 0) is 30.3 Å². The molecule has 0 fully saturated rings. The summed E-state index contributed by atoms with van der Waals surface area (Å²) in [4.78, 5) is 51.2. The first kappa shape index (κ1) is 19.6. The highest BCUT2D eigenvalue weighted by Gasteiger charge is 2.18. The van der Waals surface area contributed by atoms with Gasteiger partial charge in [0.1, 0.15) is 0 Å². The quantitative estimate of drug-likeness (QED) is 0.597. The molecule has 0 aliphatic rings. The average molecular weight is 372 g/mol. The molecule has 0 spiro atoms. The number of hydrogen-bond acceptors (Lipinski definition) is 8. The van der Waals surface area contributed by atoms with Gasteiger partial charge in [-0.15, -0.1) is 0 Å². The summed E-state index contributed by atoms with van der Waals surface area (Å²) in [7, 11) is 2.38. The first-order chi connectivity index (χ1) is 13.0. The van der Waals surface area contributed by atoms with Gasteiger partial charge in [-0.25, -0.2) is 14.4 Å². The van der Waals surface area contributed by atoms with Crippen molar-refractivity contribution >= 4 is 29.5 Å². The van der Waals surface area contributed by atoms with Gasteiger partial charge in [0, 0.05) is 12.4 Å². The van der Waals surface area contributed by atoms with Crippen molar-refractivity contribution in [2.45, 2.75) is 0 Å². The van der Waals surface area contributed by atoms with Gasteiger partial charge in [0.25, 0.3) is 5.91 Å². The Bertz CT molecular complexity index is 865. The van der Waals surface area contributed by atoms with E-state index in [1.807, 2.05) is 0 Å². The second kappa shape index (κ2) is 9.09. The Morgan fingerprint density at radius 1 is 0.963 bits per heavy atom. The highest BCUT2D eigenvalue weighted by molar-refractivity contribution is 6.04. The van der Waals surface area contributed by atoms with Crippen LogP contribution in [0.5, 0.6) is 0 Å². The Kier molecular flexibility index (Phi) is 6.59. The number of pyridine rings is 1. The molecule has 0 aliphatic carbocycles. The number of methoxy groups -OCH3 is 2. The summed E-state index contributed by atoms with van der Waals surface area (Å²) in [5, 5.41) is 2.41. The van der Waals surface area contributed by atoms with Crippen LogP contribution in [0, 0.1) is 0 Å². The van der Waals surface area contributed by atoms with Gasteiger partial charge < -0.3 is 19.5 Å². The van der Waals surface area contributed by atoms with E-state index in [0.29, 0.717) is 0 Å².